The molecule has 10 heteroatoms. The molecule has 0 spiro atoms. The summed E-state index contributed by atoms with van der Waals surface area (Å²) in [5.74, 6) is -1.93. The molecule has 0 saturated carbocycles. The quantitative estimate of drug-likeness (QED) is 0.354. The molecule has 2 aliphatic rings. The van der Waals surface area contributed by atoms with Gasteiger partial charge >= 0.3 is 0 Å². The number of likely N-dealkylation sites (tertiary alicyclic amines) is 2. The summed E-state index contributed by atoms with van der Waals surface area (Å²) in [7, 11) is 5.33. The van der Waals surface area contributed by atoms with Crippen LogP contribution in [0.1, 0.15) is 60.4 Å². The van der Waals surface area contributed by atoms with E-state index in [-0.39, 0.29) is 17.4 Å². The maximum Gasteiger partial charge on any atom is 0.253 e. The number of benzene rings is 2. The zero-order chi connectivity index (χ0) is 29.7. The molecule has 1 unspecified atom stereocenters. The fourth-order valence-electron chi connectivity index (χ4n) is 6.33. The average molecular weight is 610 g/mol. The van der Waals surface area contributed by atoms with Gasteiger partial charge in [0.05, 0.1) is 10.0 Å². The van der Waals surface area contributed by atoms with Crippen LogP contribution in [0.3, 0.4) is 0 Å². The van der Waals surface area contributed by atoms with Crippen molar-refractivity contribution in [1.82, 2.24) is 19.6 Å². The highest BCUT2D eigenvalue weighted by Crippen LogP contribution is 2.34. The van der Waals surface area contributed by atoms with Crippen LogP contribution in [-0.4, -0.2) is 97.4 Å². The van der Waals surface area contributed by atoms with Crippen LogP contribution >= 0.6 is 23.2 Å². The second-order valence-corrected chi connectivity index (χ2v) is 12.4. The minimum absolute atomic E-state index is 0.0338. The minimum Gasteiger partial charge on any atom is -0.347 e. The Morgan fingerprint density at radius 1 is 0.902 bits per heavy atom. The van der Waals surface area contributed by atoms with Crippen molar-refractivity contribution in [2.24, 2.45) is 0 Å². The van der Waals surface area contributed by atoms with Crippen LogP contribution in [0.5, 0.6) is 0 Å². The van der Waals surface area contributed by atoms with E-state index in [1.165, 1.54) is 11.3 Å². The molecule has 2 aliphatic heterocycles. The van der Waals surface area contributed by atoms with Crippen molar-refractivity contribution in [2.75, 3.05) is 60.4 Å². The van der Waals surface area contributed by atoms with Gasteiger partial charge in [0.15, 0.2) is 0 Å². The first-order valence-electron chi connectivity index (χ1n) is 14.4. The van der Waals surface area contributed by atoms with Gasteiger partial charge in [-0.15, -0.1) is 0 Å². The molecule has 2 aromatic rings. The third kappa shape index (κ3) is 7.58. The third-order valence-electron chi connectivity index (χ3n) is 8.61. The van der Waals surface area contributed by atoms with Crippen LogP contribution in [-0.2, 0) is 4.79 Å². The molecule has 0 bridgehead atoms. The van der Waals surface area contributed by atoms with Crippen LogP contribution in [0.2, 0.25) is 10.0 Å². The van der Waals surface area contributed by atoms with Crippen molar-refractivity contribution >= 4 is 35.0 Å². The molecule has 0 N–H and O–H groups in total. The number of likely N-dealkylation sites (N-methyl/N-ethyl adjacent to an activating group) is 2. The summed E-state index contributed by atoms with van der Waals surface area (Å²) in [5.41, 5.74) is 0.455. The number of piperidine rings is 2. The Labute approximate surface area is 252 Å². The summed E-state index contributed by atoms with van der Waals surface area (Å²) in [6.07, 6.45) is 5.77. The molecule has 41 heavy (non-hydrogen) atoms. The summed E-state index contributed by atoms with van der Waals surface area (Å²) in [4.78, 5) is 34.6. The number of carbonyl (C=O) groups excluding carboxylic acids is 2. The number of nitrogens with zero attached hydrogens (tertiary/aromatic N) is 4. The monoisotopic (exact) mass is 608 g/mol. The molecular weight excluding hydrogens is 569 g/mol. The Bertz CT molecular complexity index is 1210. The SMILES string of the molecule is CN(C)C(=O)C1(N2CCCCC2)CCN(CCC(CN(C)C(=O)c2cc(F)cc(F)c2)c2ccc(Cl)c(Cl)c2)CC1. The van der Waals surface area contributed by atoms with E-state index in [9.17, 15) is 18.4 Å². The highest BCUT2D eigenvalue weighted by atomic mass is 35.5. The minimum atomic E-state index is -0.791. The Morgan fingerprint density at radius 2 is 1.54 bits per heavy atom. The average Bonchev–Trinajstić information content (AvgIpc) is 2.96. The summed E-state index contributed by atoms with van der Waals surface area (Å²) in [5, 5.41) is 0.881. The van der Waals surface area contributed by atoms with Crippen molar-refractivity contribution < 1.29 is 18.4 Å². The van der Waals surface area contributed by atoms with Crippen molar-refractivity contribution in [3.63, 3.8) is 0 Å². The van der Waals surface area contributed by atoms with Gasteiger partial charge in [0, 0.05) is 58.3 Å². The molecule has 4 rings (SSSR count). The fourth-order valence-corrected chi connectivity index (χ4v) is 6.64. The number of amides is 2. The standard InChI is InChI=1S/C31H40Cl2F2N4O2/c1-36(2)30(41)31(39-12-5-4-6-13-39)10-15-38(16-11-31)14-9-23(22-7-8-27(32)28(33)19-22)21-37(3)29(40)24-17-25(34)20-26(35)18-24/h7-8,17-20,23H,4-6,9-16,21H2,1-3H3. The smallest absolute Gasteiger partial charge is 0.253 e. The van der Waals surface area contributed by atoms with E-state index >= 15 is 0 Å². The van der Waals surface area contributed by atoms with Crippen molar-refractivity contribution in [3.8, 4) is 0 Å². The molecule has 0 radical (unpaired) electrons. The number of hydrogen-bond donors (Lipinski definition) is 0. The lowest BCUT2D eigenvalue weighted by molar-refractivity contribution is -0.147. The van der Waals surface area contributed by atoms with Crippen LogP contribution in [0.15, 0.2) is 36.4 Å². The molecule has 6 nitrogen and oxygen atoms in total. The second kappa shape index (κ2) is 13.8. The van der Waals surface area contributed by atoms with Gasteiger partial charge in [0.1, 0.15) is 17.2 Å². The molecule has 2 fully saturated rings. The molecular formula is C31H40Cl2F2N4O2. The summed E-state index contributed by atoms with van der Waals surface area (Å²) < 4.78 is 27.6. The summed E-state index contributed by atoms with van der Waals surface area (Å²) in [6.45, 7) is 4.65. The number of halogens is 4. The first kappa shape index (κ1) is 31.7. The van der Waals surface area contributed by atoms with Gasteiger partial charge in [-0.1, -0.05) is 35.7 Å². The molecule has 1 atom stereocenters. The second-order valence-electron chi connectivity index (χ2n) is 11.6. The molecule has 2 heterocycles. The van der Waals surface area contributed by atoms with Crippen LogP contribution in [0.25, 0.3) is 0 Å². The number of hydrogen-bond acceptors (Lipinski definition) is 4. The molecule has 0 aliphatic carbocycles. The highest BCUT2D eigenvalue weighted by molar-refractivity contribution is 6.42. The third-order valence-corrected chi connectivity index (χ3v) is 9.35. The Kier molecular flexibility index (Phi) is 10.7. The van der Waals surface area contributed by atoms with Crippen LogP contribution in [0.4, 0.5) is 8.78 Å². The molecule has 2 amide bonds. The topological polar surface area (TPSA) is 47.1 Å². The van der Waals surface area contributed by atoms with Gasteiger partial charge < -0.3 is 14.7 Å². The van der Waals surface area contributed by atoms with Gasteiger partial charge in [0.2, 0.25) is 5.91 Å². The first-order valence-corrected chi connectivity index (χ1v) is 15.1. The van der Waals surface area contributed by atoms with E-state index in [0.717, 1.165) is 88.6 Å². The van der Waals surface area contributed by atoms with E-state index in [1.54, 1.807) is 18.0 Å². The van der Waals surface area contributed by atoms with E-state index in [1.807, 2.05) is 26.2 Å². The number of carbonyl (C=O) groups is 2. The lowest BCUT2D eigenvalue weighted by Gasteiger charge is -2.50. The molecule has 2 aromatic carbocycles. The fraction of sp³-hybridized carbons (Fsp3) is 0.548. The summed E-state index contributed by atoms with van der Waals surface area (Å²) in [6, 6.07) is 8.33. The lowest BCUT2D eigenvalue weighted by atomic mass is 9.82. The van der Waals surface area contributed by atoms with Gasteiger partial charge in [0.25, 0.3) is 5.91 Å². The zero-order valence-corrected chi connectivity index (χ0v) is 25.7. The predicted molar refractivity (Wildman–Crippen MR) is 160 cm³/mol. The van der Waals surface area contributed by atoms with Crippen molar-refractivity contribution in [2.45, 2.75) is 50.0 Å². The molecule has 2 saturated heterocycles. The van der Waals surface area contributed by atoms with Crippen LogP contribution in [0, 0.1) is 11.6 Å². The maximum atomic E-state index is 13.8. The normalized spacial score (nSPS) is 18.6. The Hall–Kier alpha value is -2.26. The highest BCUT2D eigenvalue weighted by Gasteiger charge is 2.47. The molecule has 224 valence electrons. The van der Waals surface area contributed by atoms with E-state index in [0.29, 0.717) is 16.6 Å². The molecule has 0 aromatic heterocycles. The Balaban J connectivity index is 1.46. The van der Waals surface area contributed by atoms with Gasteiger partial charge in [-0.05, 0) is 81.6 Å². The van der Waals surface area contributed by atoms with Crippen molar-refractivity contribution in [3.05, 3.63) is 69.2 Å². The van der Waals surface area contributed by atoms with E-state index < -0.39 is 23.1 Å². The van der Waals surface area contributed by atoms with Crippen molar-refractivity contribution in [1.29, 1.82) is 0 Å². The predicted octanol–water partition coefficient (Wildman–Crippen LogP) is 5.93. The van der Waals surface area contributed by atoms with Crippen LogP contribution < -0.4 is 0 Å². The van der Waals surface area contributed by atoms with Gasteiger partial charge in [-0.25, -0.2) is 8.78 Å². The number of rotatable bonds is 9. The summed E-state index contributed by atoms with van der Waals surface area (Å²) >= 11 is 12.5. The Morgan fingerprint density at radius 3 is 2.12 bits per heavy atom. The zero-order valence-electron chi connectivity index (χ0n) is 24.1. The van der Waals surface area contributed by atoms with Gasteiger partial charge in [-0.3, -0.25) is 14.5 Å². The lowest BCUT2D eigenvalue weighted by Crippen LogP contribution is -2.64. The largest absolute Gasteiger partial charge is 0.347 e. The van der Waals surface area contributed by atoms with Gasteiger partial charge in [-0.2, -0.15) is 0 Å². The van der Waals surface area contributed by atoms with E-state index in [2.05, 4.69) is 9.80 Å². The van der Waals surface area contributed by atoms with E-state index in [4.69, 9.17) is 23.2 Å². The maximum absolute atomic E-state index is 13.8. The first-order chi connectivity index (χ1) is 19.5.